The topological polar surface area (TPSA) is 47.4 Å². The van der Waals surface area contributed by atoms with Crippen molar-refractivity contribution in [2.24, 2.45) is 13.0 Å². The van der Waals surface area contributed by atoms with Gasteiger partial charge in [-0.15, -0.1) is 0 Å². The summed E-state index contributed by atoms with van der Waals surface area (Å²) in [7, 11) is 3.56. The molecule has 6 heteroatoms. The van der Waals surface area contributed by atoms with Crippen molar-refractivity contribution >= 4 is 5.91 Å². The first kappa shape index (κ1) is 18.6. The third kappa shape index (κ3) is 4.69. The van der Waals surface area contributed by atoms with E-state index in [1.54, 1.807) is 30.1 Å². The van der Waals surface area contributed by atoms with E-state index in [-0.39, 0.29) is 17.8 Å². The van der Waals surface area contributed by atoms with Gasteiger partial charge in [0.15, 0.2) is 0 Å². The molecule has 1 aromatic carbocycles. The van der Waals surface area contributed by atoms with Gasteiger partial charge in [0.2, 0.25) is 5.91 Å². The second-order valence-electron chi connectivity index (χ2n) is 7.02. The second kappa shape index (κ2) is 8.45. The van der Waals surface area contributed by atoms with Crippen LogP contribution in [0, 0.1) is 11.7 Å². The van der Waals surface area contributed by atoms with Gasteiger partial charge < -0.3 is 9.64 Å². The number of rotatable bonds is 6. The third-order valence-corrected chi connectivity index (χ3v) is 5.12. The van der Waals surface area contributed by atoms with Crippen LogP contribution < -0.4 is 0 Å². The van der Waals surface area contributed by atoms with E-state index < -0.39 is 0 Å². The molecular formula is C20H26FN3O2. The summed E-state index contributed by atoms with van der Waals surface area (Å²) in [5.74, 6) is 0.240. The molecule has 1 amide bonds. The number of ether oxygens (including phenoxy) is 1. The van der Waals surface area contributed by atoms with Crippen LogP contribution in [0.4, 0.5) is 4.39 Å². The lowest BCUT2D eigenvalue weighted by molar-refractivity contribution is -0.136. The van der Waals surface area contributed by atoms with Crippen LogP contribution >= 0.6 is 0 Å². The number of halogens is 1. The maximum atomic E-state index is 13.4. The highest BCUT2D eigenvalue weighted by Gasteiger charge is 2.31. The highest BCUT2D eigenvalue weighted by Crippen LogP contribution is 2.25. The Morgan fingerprint density at radius 3 is 2.92 bits per heavy atom. The molecule has 1 aliphatic rings. The van der Waals surface area contributed by atoms with Gasteiger partial charge in [0.25, 0.3) is 0 Å². The lowest BCUT2D eigenvalue weighted by atomic mass is 9.87. The van der Waals surface area contributed by atoms with Gasteiger partial charge >= 0.3 is 0 Å². The minimum absolute atomic E-state index is 0.0191. The standard InChI is InChI=1S/C20H26FN3O2/c1-23-13-16(12-22-23)6-7-20(25)24-9-8-17(19(14-24)26-2)10-15-4-3-5-18(21)11-15/h3-5,11-13,17,19H,6-10,14H2,1-2H3/t17-,19-/m1/s1. The molecule has 2 aromatic rings. The summed E-state index contributed by atoms with van der Waals surface area (Å²) in [4.78, 5) is 14.4. The van der Waals surface area contributed by atoms with Crippen LogP contribution in [-0.2, 0) is 29.4 Å². The van der Waals surface area contributed by atoms with Crippen molar-refractivity contribution < 1.29 is 13.9 Å². The molecule has 3 rings (SSSR count). The van der Waals surface area contributed by atoms with E-state index >= 15 is 0 Å². The van der Waals surface area contributed by atoms with E-state index in [4.69, 9.17) is 4.74 Å². The number of piperidine rings is 1. The predicted molar refractivity (Wildman–Crippen MR) is 97.1 cm³/mol. The number of hydrogen-bond donors (Lipinski definition) is 0. The Morgan fingerprint density at radius 1 is 1.38 bits per heavy atom. The summed E-state index contributed by atoms with van der Waals surface area (Å²) >= 11 is 0. The molecule has 1 fully saturated rings. The number of carbonyl (C=O) groups is 1. The van der Waals surface area contributed by atoms with Gasteiger partial charge in [0.1, 0.15) is 5.82 Å². The number of carbonyl (C=O) groups excluding carboxylic acids is 1. The molecule has 1 aromatic heterocycles. The van der Waals surface area contributed by atoms with E-state index in [1.807, 2.05) is 24.2 Å². The number of nitrogens with zero attached hydrogens (tertiary/aromatic N) is 3. The van der Waals surface area contributed by atoms with Crippen molar-refractivity contribution in [1.82, 2.24) is 14.7 Å². The third-order valence-electron chi connectivity index (χ3n) is 5.12. The highest BCUT2D eigenvalue weighted by atomic mass is 19.1. The highest BCUT2D eigenvalue weighted by molar-refractivity contribution is 5.76. The Labute approximate surface area is 153 Å². The number of aromatic nitrogens is 2. The van der Waals surface area contributed by atoms with Gasteiger partial charge in [-0.25, -0.2) is 4.39 Å². The fourth-order valence-electron chi connectivity index (χ4n) is 3.67. The smallest absolute Gasteiger partial charge is 0.222 e. The quantitative estimate of drug-likeness (QED) is 0.797. The molecule has 26 heavy (non-hydrogen) atoms. The van der Waals surface area contributed by atoms with Gasteiger partial charge in [-0.2, -0.15) is 5.10 Å². The zero-order valence-electron chi connectivity index (χ0n) is 15.4. The SMILES string of the molecule is CO[C@@H]1CN(C(=O)CCc2cnn(C)c2)CC[C@@H]1Cc1cccc(F)c1. The largest absolute Gasteiger partial charge is 0.379 e. The predicted octanol–water partition coefficient (Wildman–Crippen LogP) is 2.60. The van der Waals surface area contributed by atoms with E-state index in [0.29, 0.717) is 25.3 Å². The van der Waals surface area contributed by atoms with Crippen molar-refractivity contribution in [1.29, 1.82) is 0 Å². The first-order valence-electron chi connectivity index (χ1n) is 9.07. The molecule has 140 valence electrons. The maximum Gasteiger partial charge on any atom is 0.222 e. The normalized spacial score (nSPS) is 20.3. The molecule has 0 aliphatic carbocycles. The minimum atomic E-state index is -0.209. The van der Waals surface area contributed by atoms with Crippen molar-refractivity contribution in [2.75, 3.05) is 20.2 Å². The lowest BCUT2D eigenvalue weighted by Gasteiger charge is -2.38. The molecule has 2 heterocycles. The molecule has 2 atom stereocenters. The number of benzene rings is 1. The summed E-state index contributed by atoms with van der Waals surface area (Å²) in [6, 6.07) is 6.73. The zero-order chi connectivity index (χ0) is 18.5. The summed E-state index contributed by atoms with van der Waals surface area (Å²) in [6.07, 6.45) is 6.55. The molecule has 0 bridgehead atoms. The number of hydrogen-bond acceptors (Lipinski definition) is 3. The van der Waals surface area contributed by atoms with E-state index in [0.717, 1.165) is 30.5 Å². The zero-order valence-corrected chi connectivity index (χ0v) is 15.4. The van der Waals surface area contributed by atoms with Gasteiger partial charge in [-0.05, 0) is 48.4 Å². The van der Waals surface area contributed by atoms with Crippen LogP contribution in [0.25, 0.3) is 0 Å². The first-order chi connectivity index (χ1) is 12.5. The molecule has 0 N–H and O–H groups in total. The molecule has 0 spiro atoms. The first-order valence-corrected chi connectivity index (χ1v) is 9.07. The summed E-state index contributed by atoms with van der Waals surface area (Å²) < 4.78 is 20.8. The Balaban J connectivity index is 1.54. The lowest BCUT2D eigenvalue weighted by Crippen LogP contribution is -2.48. The van der Waals surface area contributed by atoms with Crippen molar-refractivity contribution in [3.05, 3.63) is 53.6 Å². The monoisotopic (exact) mass is 359 g/mol. The van der Waals surface area contributed by atoms with E-state index in [1.165, 1.54) is 6.07 Å². The van der Waals surface area contributed by atoms with Crippen molar-refractivity contribution in [3.8, 4) is 0 Å². The fraction of sp³-hybridized carbons (Fsp3) is 0.500. The Hall–Kier alpha value is -2.21. The van der Waals surface area contributed by atoms with Gasteiger partial charge in [-0.3, -0.25) is 9.48 Å². The number of likely N-dealkylation sites (tertiary alicyclic amines) is 1. The summed E-state index contributed by atoms with van der Waals surface area (Å²) in [5, 5.41) is 4.13. The van der Waals surface area contributed by atoms with Gasteiger partial charge in [-0.1, -0.05) is 12.1 Å². The Morgan fingerprint density at radius 2 is 2.23 bits per heavy atom. The van der Waals surface area contributed by atoms with E-state index in [2.05, 4.69) is 5.10 Å². The van der Waals surface area contributed by atoms with E-state index in [9.17, 15) is 9.18 Å². The molecule has 0 radical (unpaired) electrons. The Kier molecular flexibility index (Phi) is 6.04. The molecule has 1 saturated heterocycles. The van der Waals surface area contributed by atoms with Crippen molar-refractivity contribution in [2.45, 2.75) is 31.8 Å². The number of amides is 1. The number of methoxy groups -OCH3 is 1. The van der Waals surface area contributed by atoms with Crippen LogP contribution in [0.3, 0.4) is 0 Å². The van der Waals surface area contributed by atoms with Gasteiger partial charge in [0.05, 0.1) is 12.3 Å². The average molecular weight is 359 g/mol. The fourth-order valence-corrected chi connectivity index (χ4v) is 3.67. The molecule has 0 saturated carbocycles. The van der Waals surface area contributed by atoms with Crippen LogP contribution in [0.15, 0.2) is 36.7 Å². The molecule has 0 unspecified atom stereocenters. The maximum absolute atomic E-state index is 13.4. The molecular weight excluding hydrogens is 333 g/mol. The summed E-state index contributed by atoms with van der Waals surface area (Å²) in [6.45, 7) is 1.33. The van der Waals surface area contributed by atoms with Gasteiger partial charge in [0, 0.05) is 39.9 Å². The molecule has 1 aliphatic heterocycles. The molecule has 5 nitrogen and oxygen atoms in total. The second-order valence-corrected chi connectivity index (χ2v) is 7.02. The number of aryl methyl sites for hydroxylation is 2. The average Bonchev–Trinajstić information content (AvgIpc) is 3.05. The summed E-state index contributed by atoms with van der Waals surface area (Å²) in [5.41, 5.74) is 2.05. The van der Waals surface area contributed by atoms with Crippen LogP contribution in [0.2, 0.25) is 0 Å². The van der Waals surface area contributed by atoms with Crippen molar-refractivity contribution in [3.63, 3.8) is 0 Å². The van der Waals surface area contributed by atoms with Crippen LogP contribution in [-0.4, -0.2) is 46.9 Å². The minimum Gasteiger partial charge on any atom is -0.379 e. The Bertz CT molecular complexity index is 746. The van der Waals surface area contributed by atoms with Crippen LogP contribution in [0.1, 0.15) is 24.0 Å². The van der Waals surface area contributed by atoms with Crippen LogP contribution in [0.5, 0.6) is 0 Å².